The number of rotatable bonds is 9. The number of para-hydroxylation sites is 1. The predicted octanol–water partition coefficient (Wildman–Crippen LogP) is 5.69. The SMILES string of the molecule is COc1cccc([C@H]2O[C@H](CCC(=O)NC3CCC(OC=O)CC3)c3cccn3-c3ccc(Cl)cc32)c1OC. The largest absolute Gasteiger partial charge is 0.493 e. The van der Waals surface area contributed by atoms with Gasteiger partial charge in [0.2, 0.25) is 5.91 Å². The van der Waals surface area contributed by atoms with Crippen molar-refractivity contribution in [1.29, 1.82) is 0 Å². The lowest BCUT2D eigenvalue weighted by Gasteiger charge is -2.28. The molecule has 8 nitrogen and oxygen atoms in total. The van der Waals surface area contributed by atoms with Crippen LogP contribution in [0.2, 0.25) is 5.02 Å². The Morgan fingerprint density at radius 2 is 1.90 bits per heavy atom. The summed E-state index contributed by atoms with van der Waals surface area (Å²) in [6, 6.07) is 15.6. The topological polar surface area (TPSA) is 88.0 Å². The van der Waals surface area contributed by atoms with Crippen LogP contribution in [0.5, 0.6) is 11.5 Å². The van der Waals surface area contributed by atoms with Crippen molar-refractivity contribution in [2.45, 2.75) is 62.9 Å². The quantitative estimate of drug-likeness (QED) is 0.343. The molecule has 0 saturated heterocycles. The molecule has 1 aliphatic heterocycles. The van der Waals surface area contributed by atoms with Gasteiger partial charge >= 0.3 is 0 Å². The van der Waals surface area contributed by atoms with Crippen LogP contribution >= 0.6 is 11.6 Å². The van der Waals surface area contributed by atoms with Gasteiger partial charge in [-0.3, -0.25) is 9.59 Å². The zero-order chi connectivity index (χ0) is 27.4. The molecule has 1 fully saturated rings. The minimum absolute atomic E-state index is 0.0169. The highest BCUT2D eigenvalue weighted by Crippen LogP contribution is 2.46. The average molecular weight is 553 g/mol. The third-order valence-electron chi connectivity index (χ3n) is 7.58. The first-order valence-corrected chi connectivity index (χ1v) is 13.6. The average Bonchev–Trinajstić information content (AvgIpc) is 3.39. The van der Waals surface area contributed by atoms with Crippen molar-refractivity contribution in [2.24, 2.45) is 0 Å². The second-order valence-corrected chi connectivity index (χ2v) is 10.3. The highest BCUT2D eigenvalue weighted by molar-refractivity contribution is 6.30. The molecule has 2 aliphatic rings. The number of aromatic nitrogens is 1. The standard InChI is InChI=1S/C30H33ClN2O6/c1-36-27-7-3-5-22(30(27)37-2)29-23-17-19(31)8-13-24(23)33-16-4-6-25(33)26(39-29)14-15-28(35)32-20-9-11-21(12-10-20)38-18-34/h3-8,13,16-18,20-21,26,29H,9-12,14-15H2,1-2H3,(H,32,35)/t20?,21?,26-,29-/m1/s1. The molecule has 1 aliphatic carbocycles. The Morgan fingerprint density at radius 1 is 1.08 bits per heavy atom. The number of amides is 1. The van der Waals surface area contributed by atoms with E-state index in [0.717, 1.165) is 48.2 Å². The molecule has 2 aromatic carbocycles. The van der Waals surface area contributed by atoms with Gasteiger partial charge in [0.25, 0.3) is 6.47 Å². The molecule has 0 spiro atoms. The number of ether oxygens (including phenoxy) is 4. The Labute approximate surface area is 233 Å². The van der Waals surface area contributed by atoms with Gasteiger partial charge in [-0.05, 0) is 68.5 Å². The van der Waals surface area contributed by atoms with Crippen LogP contribution in [0, 0.1) is 0 Å². The summed E-state index contributed by atoms with van der Waals surface area (Å²) in [5, 5.41) is 3.76. The number of nitrogens with zero attached hydrogens (tertiary/aromatic N) is 1. The van der Waals surface area contributed by atoms with E-state index in [1.807, 2.05) is 54.7 Å². The first-order chi connectivity index (χ1) is 19.0. The van der Waals surface area contributed by atoms with Gasteiger partial charge in [-0.25, -0.2) is 0 Å². The van der Waals surface area contributed by atoms with Crippen LogP contribution in [0.15, 0.2) is 54.7 Å². The van der Waals surface area contributed by atoms with Crippen LogP contribution in [0.4, 0.5) is 0 Å². The number of halogens is 1. The lowest BCUT2D eigenvalue weighted by atomic mass is 9.93. The molecule has 1 aromatic heterocycles. The Morgan fingerprint density at radius 3 is 2.64 bits per heavy atom. The summed E-state index contributed by atoms with van der Waals surface area (Å²) in [7, 11) is 3.22. The van der Waals surface area contributed by atoms with Crippen molar-refractivity contribution in [3.63, 3.8) is 0 Å². The number of hydrogen-bond donors (Lipinski definition) is 1. The Bertz CT molecular complexity index is 1320. The van der Waals surface area contributed by atoms with Crippen molar-refractivity contribution in [1.82, 2.24) is 9.88 Å². The van der Waals surface area contributed by atoms with Crippen LogP contribution < -0.4 is 14.8 Å². The fraction of sp³-hybridized carbons (Fsp3) is 0.400. The van der Waals surface area contributed by atoms with Crippen LogP contribution in [0.3, 0.4) is 0 Å². The smallest absolute Gasteiger partial charge is 0.293 e. The van der Waals surface area contributed by atoms with Crippen molar-refractivity contribution >= 4 is 24.0 Å². The van der Waals surface area contributed by atoms with Gasteiger partial charge in [-0.15, -0.1) is 0 Å². The second kappa shape index (κ2) is 12.1. The number of fused-ring (bicyclic) bond motifs is 3. The molecule has 39 heavy (non-hydrogen) atoms. The maximum Gasteiger partial charge on any atom is 0.293 e. The Kier molecular flexibility index (Phi) is 8.43. The minimum atomic E-state index is -0.509. The summed E-state index contributed by atoms with van der Waals surface area (Å²) in [6.45, 7) is 0.507. The molecule has 0 radical (unpaired) electrons. The van der Waals surface area contributed by atoms with E-state index in [9.17, 15) is 9.59 Å². The van der Waals surface area contributed by atoms with E-state index < -0.39 is 6.10 Å². The molecule has 206 valence electrons. The van der Waals surface area contributed by atoms with Gasteiger partial charge in [0.15, 0.2) is 11.5 Å². The molecule has 3 aromatic rings. The monoisotopic (exact) mass is 552 g/mol. The lowest BCUT2D eigenvalue weighted by molar-refractivity contribution is -0.135. The Balaban J connectivity index is 1.40. The first kappa shape index (κ1) is 27.1. The van der Waals surface area contributed by atoms with E-state index in [1.54, 1.807) is 14.2 Å². The second-order valence-electron chi connectivity index (χ2n) is 9.91. The zero-order valence-corrected chi connectivity index (χ0v) is 22.9. The molecule has 0 unspecified atom stereocenters. The molecule has 0 bridgehead atoms. The summed E-state index contributed by atoms with van der Waals surface area (Å²) >= 11 is 6.48. The van der Waals surface area contributed by atoms with Crippen LogP contribution in [0.1, 0.15) is 67.6 Å². The van der Waals surface area contributed by atoms with Crippen LogP contribution in [-0.2, 0) is 19.1 Å². The molecule has 1 saturated carbocycles. The van der Waals surface area contributed by atoms with E-state index in [0.29, 0.717) is 35.8 Å². The third-order valence-corrected chi connectivity index (χ3v) is 7.81. The number of nitrogens with one attached hydrogen (secondary N) is 1. The Hall–Kier alpha value is -3.49. The molecule has 2 atom stereocenters. The lowest BCUT2D eigenvalue weighted by Crippen LogP contribution is -2.39. The molecule has 9 heteroatoms. The fourth-order valence-corrected chi connectivity index (χ4v) is 5.88. The highest BCUT2D eigenvalue weighted by atomic mass is 35.5. The fourth-order valence-electron chi connectivity index (χ4n) is 5.70. The van der Waals surface area contributed by atoms with Crippen molar-refractivity contribution in [3.05, 3.63) is 76.6 Å². The maximum absolute atomic E-state index is 13.0. The number of carbonyl (C=O) groups is 2. The normalized spacial score (nSPS) is 22.1. The van der Waals surface area contributed by atoms with E-state index >= 15 is 0 Å². The summed E-state index contributed by atoms with van der Waals surface area (Å²) in [6.07, 6.45) is 4.97. The van der Waals surface area contributed by atoms with E-state index in [-0.39, 0.29) is 24.2 Å². The minimum Gasteiger partial charge on any atom is -0.493 e. The predicted molar refractivity (Wildman–Crippen MR) is 147 cm³/mol. The van der Waals surface area contributed by atoms with Crippen molar-refractivity contribution in [3.8, 4) is 17.2 Å². The van der Waals surface area contributed by atoms with Gasteiger partial charge in [0.05, 0.1) is 31.7 Å². The van der Waals surface area contributed by atoms with Crippen molar-refractivity contribution < 1.29 is 28.5 Å². The molecule has 1 amide bonds. The van der Waals surface area contributed by atoms with Crippen molar-refractivity contribution in [2.75, 3.05) is 14.2 Å². The van der Waals surface area contributed by atoms with Gasteiger partial charge in [-0.1, -0.05) is 23.7 Å². The third kappa shape index (κ3) is 5.77. The number of hydrogen-bond acceptors (Lipinski definition) is 6. The number of benzene rings is 2. The first-order valence-electron chi connectivity index (χ1n) is 13.2. The van der Waals surface area contributed by atoms with E-state index in [4.69, 9.17) is 30.5 Å². The summed E-state index contributed by atoms with van der Waals surface area (Å²) in [5.74, 6) is 1.18. The van der Waals surface area contributed by atoms with E-state index in [2.05, 4.69) is 9.88 Å². The summed E-state index contributed by atoms with van der Waals surface area (Å²) < 4.78 is 25.4. The van der Waals surface area contributed by atoms with E-state index in [1.165, 1.54) is 0 Å². The number of carbonyl (C=O) groups excluding carboxylic acids is 2. The van der Waals surface area contributed by atoms with Crippen LogP contribution in [-0.4, -0.2) is 43.3 Å². The number of methoxy groups -OCH3 is 2. The summed E-state index contributed by atoms with van der Waals surface area (Å²) in [4.78, 5) is 23.6. The van der Waals surface area contributed by atoms with Gasteiger partial charge < -0.3 is 28.8 Å². The zero-order valence-electron chi connectivity index (χ0n) is 22.1. The summed E-state index contributed by atoms with van der Waals surface area (Å²) in [5.41, 5.74) is 3.63. The molecular formula is C30H33ClN2O6. The molecule has 5 rings (SSSR count). The van der Waals surface area contributed by atoms with Gasteiger partial charge in [0.1, 0.15) is 12.2 Å². The van der Waals surface area contributed by atoms with Crippen LogP contribution in [0.25, 0.3) is 5.69 Å². The molecular weight excluding hydrogens is 520 g/mol. The van der Waals surface area contributed by atoms with Gasteiger partial charge in [-0.2, -0.15) is 0 Å². The maximum atomic E-state index is 13.0. The molecule has 1 N–H and O–H groups in total. The van der Waals surface area contributed by atoms with Gasteiger partial charge in [0, 0.05) is 34.8 Å². The molecule has 2 heterocycles. The highest BCUT2D eigenvalue weighted by Gasteiger charge is 2.33.